The first-order valence-corrected chi connectivity index (χ1v) is 11.2. The van der Waals surface area contributed by atoms with Crippen LogP contribution >= 0.6 is 46.4 Å². The molecule has 164 valence electrons. The smallest absolute Gasteiger partial charge is 0.348 e. The molecule has 0 aliphatic carbocycles. The Morgan fingerprint density at radius 1 is 0.412 bits per heavy atom. The van der Waals surface area contributed by atoms with Crippen LogP contribution in [0.4, 0.5) is 0 Å². The van der Waals surface area contributed by atoms with Gasteiger partial charge in [0.25, 0.3) is 0 Å². The van der Waals surface area contributed by atoms with Gasteiger partial charge in [0.1, 0.15) is 0 Å². The Labute approximate surface area is 205 Å². The first-order chi connectivity index (χ1) is 16.2. The Bertz CT molecular complexity index is 2150. The second-order valence-electron chi connectivity index (χ2n) is 7.92. The minimum absolute atomic E-state index is 0.0193. The molecule has 0 atom stereocenters. The van der Waals surface area contributed by atoms with Gasteiger partial charge in [-0.3, -0.25) is 0 Å². The summed E-state index contributed by atoms with van der Waals surface area (Å²) in [4.78, 5) is 50.9. The average Bonchev–Trinajstić information content (AvgIpc) is 3.26. The lowest BCUT2D eigenvalue weighted by molar-refractivity contribution is 0.500. The van der Waals surface area contributed by atoms with Crippen LogP contribution in [0.15, 0.2) is 52.3 Å². The van der Waals surface area contributed by atoms with Gasteiger partial charge in [0.05, 0.1) is 31.6 Å². The standard InChI is InChI=1S/C24H4Cl4O6/c25-6-3-1-5-2-4-7(26)10-8(5)9(6)13-11-12(15-17(19(13)27)23(31)33-21(15)29)16-18(20(28)14(10)11)24(32)34-22(16)30/h1-4H. The van der Waals surface area contributed by atoms with E-state index < -0.39 is 22.5 Å². The molecule has 0 saturated heterocycles. The van der Waals surface area contributed by atoms with E-state index in [9.17, 15) is 19.2 Å². The van der Waals surface area contributed by atoms with E-state index in [1.54, 1.807) is 24.3 Å². The summed E-state index contributed by atoms with van der Waals surface area (Å²) in [6.45, 7) is 0. The van der Waals surface area contributed by atoms with Gasteiger partial charge in [-0.1, -0.05) is 58.5 Å². The van der Waals surface area contributed by atoms with E-state index in [0.29, 0.717) is 16.2 Å². The SMILES string of the molecule is O=c1oc(=O)c2c1c(Cl)c1c3c(Cl)ccc4ccc(Cl)c(c5c(Cl)c6c(=O)oc(=O)c6c2c15)c43. The summed E-state index contributed by atoms with van der Waals surface area (Å²) in [7, 11) is 0. The van der Waals surface area contributed by atoms with E-state index in [0.717, 1.165) is 5.39 Å². The van der Waals surface area contributed by atoms with Crippen molar-refractivity contribution in [1.82, 2.24) is 0 Å². The quantitative estimate of drug-likeness (QED) is 0.172. The molecular weight excluding hydrogens is 526 g/mol. The van der Waals surface area contributed by atoms with Crippen LogP contribution in [0.25, 0.3) is 64.6 Å². The van der Waals surface area contributed by atoms with Crippen LogP contribution in [0.1, 0.15) is 0 Å². The fourth-order valence-corrected chi connectivity index (χ4v) is 6.40. The first-order valence-electron chi connectivity index (χ1n) is 9.71. The Hall–Kier alpha value is -3.16. The van der Waals surface area contributed by atoms with E-state index in [1.165, 1.54) is 0 Å². The van der Waals surface area contributed by atoms with E-state index >= 15 is 0 Å². The highest BCUT2D eigenvalue weighted by Crippen LogP contribution is 2.52. The van der Waals surface area contributed by atoms with Crippen molar-refractivity contribution in [3.05, 3.63) is 86.0 Å². The summed E-state index contributed by atoms with van der Waals surface area (Å²) >= 11 is 26.8. The van der Waals surface area contributed by atoms with Gasteiger partial charge in [0.2, 0.25) is 0 Å². The molecule has 0 radical (unpaired) electrons. The predicted octanol–water partition coefficient (Wildman–Crippen LogP) is 6.16. The van der Waals surface area contributed by atoms with E-state index in [4.69, 9.17) is 55.2 Å². The Kier molecular flexibility index (Phi) is 3.74. The van der Waals surface area contributed by atoms with Crippen molar-refractivity contribution in [3.8, 4) is 0 Å². The number of furan rings is 2. The van der Waals surface area contributed by atoms with Gasteiger partial charge in [-0.05, 0) is 17.5 Å². The summed E-state index contributed by atoms with van der Waals surface area (Å²) < 4.78 is 9.69. The Balaban J connectivity index is 2.14. The molecule has 5 aromatic carbocycles. The van der Waals surface area contributed by atoms with Crippen molar-refractivity contribution >= 4 is 111 Å². The number of hydrogen-bond donors (Lipinski definition) is 0. The van der Waals surface area contributed by atoms with Gasteiger partial charge in [-0.25, -0.2) is 19.2 Å². The minimum Gasteiger partial charge on any atom is -0.386 e. The normalized spacial score (nSPS) is 12.6. The number of benzene rings is 5. The summed E-state index contributed by atoms with van der Waals surface area (Å²) in [6, 6.07) is 6.88. The molecule has 0 spiro atoms. The van der Waals surface area contributed by atoms with Gasteiger partial charge >= 0.3 is 22.5 Å². The number of halogens is 4. The highest BCUT2D eigenvalue weighted by molar-refractivity contribution is 6.57. The molecule has 2 aromatic heterocycles. The maximum atomic E-state index is 12.8. The Morgan fingerprint density at radius 2 is 0.794 bits per heavy atom. The molecule has 0 aliphatic rings. The Morgan fingerprint density at radius 3 is 1.24 bits per heavy atom. The maximum absolute atomic E-state index is 12.8. The van der Waals surface area contributed by atoms with Crippen LogP contribution in [0, 0.1) is 0 Å². The summed E-state index contributed by atoms with van der Waals surface area (Å²) in [5.74, 6) is 0. The second kappa shape index (κ2) is 6.29. The zero-order chi connectivity index (χ0) is 23.8. The second-order valence-corrected chi connectivity index (χ2v) is 9.50. The van der Waals surface area contributed by atoms with Crippen molar-refractivity contribution in [2.24, 2.45) is 0 Å². The number of hydrogen-bond acceptors (Lipinski definition) is 6. The van der Waals surface area contributed by atoms with E-state index in [1.807, 2.05) is 0 Å². The molecule has 0 unspecified atom stereocenters. The predicted molar refractivity (Wildman–Crippen MR) is 135 cm³/mol. The zero-order valence-corrected chi connectivity index (χ0v) is 19.3. The van der Waals surface area contributed by atoms with Gasteiger partial charge < -0.3 is 8.83 Å². The van der Waals surface area contributed by atoms with Crippen molar-refractivity contribution in [2.45, 2.75) is 0 Å². The fraction of sp³-hybridized carbons (Fsp3) is 0. The molecule has 6 nitrogen and oxygen atoms in total. The van der Waals surface area contributed by atoms with Gasteiger partial charge in [0.15, 0.2) is 0 Å². The van der Waals surface area contributed by atoms with E-state index in [-0.39, 0.29) is 63.2 Å². The maximum Gasteiger partial charge on any atom is 0.348 e. The lowest BCUT2D eigenvalue weighted by atomic mass is 9.86. The number of rotatable bonds is 0. The lowest BCUT2D eigenvalue weighted by Gasteiger charge is -2.19. The van der Waals surface area contributed by atoms with Crippen LogP contribution < -0.4 is 22.5 Å². The van der Waals surface area contributed by atoms with Crippen molar-refractivity contribution in [1.29, 1.82) is 0 Å². The van der Waals surface area contributed by atoms with Crippen LogP contribution in [0.3, 0.4) is 0 Å². The first kappa shape index (κ1) is 20.2. The van der Waals surface area contributed by atoms with Crippen molar-refractivity contribution < 1.29 is 8.83 Å². The van der Waals surface area contributed by atoms with E-state index in [2.05, 4.69) is 0 Å². The highest BCUT2D eigenvalue weighted by Gasteiger charge is 2.31. The monoisotopic (exact) mass is 528 g/mol. The van der Waals surface area contributed by atoms with Crippen LogP contribution in [-0.2, 0) is 0 Å². The molecule has 0 fully saturated rings. The summed E-state index contributed by atoms with van der Waals surface area (Å²) in [5, 5.41) is 2.47. The van der Waals surface area contributed by atoms with Crippen LogP contribution in [0.2, 0.25) is 20.1 Å². The summed E-state index contributed by atoms with van der Waals surface area (Å²) in [6.07, 6.45) is 0. The molecule has 7 aromatic rings. The third kappa shape index (κ3) is 2.11. The highest BCUT2D eigenvalue weighted by atomic mass is 35.5. The van der Waals surface area contributed by atoms with Crippen LogP contribution in [-0.4, -0.2) is 0 Å². The van der Waals surface area contributed by atoms with Gasteiger partial charge in [-0.15, -0.1) is 0 Å². The third-order valence-electron chi connectivity index (χ3n) is 6.40. The molecule has 0 aliphatic heterocycles. The summed E-state index contributed by atoms with van der Waals surface area (Å²) in [5.41, 5.74) is -3.98. The van der Waals surface area contributed by atoms with Crippen LogP contribution in [0.5, 0.6) is 0 Å². The average molecular weight is 530 g/mol. The molecule has 10 heteroatoms. The number of fused-ring (bicyclic) bond motifs is 6. The van der Waals surface area contributed by atoms with Crippen molar-refractivity contribution in [3.63, 3.8) is 0 Å². The topological polar surface area (TPSA) is 94.6 Å². The molecule has 34 heavy (non-hydrogen) atoms. The molecule has 0 amide bonds. The fourth-order valence-electron chi connectivity index (χ4n) is 5.18. The molecular formula is C24H4Cl4O6. The molecule has 0 N–H and O–H groups in total. The zero-order valence-electron chi connectivity index (χ0n) is 16.3. The van der Waals surface area contributed by atoms with Gasteiger partial charge in [0, 0.05) is 47.7 Å². The molecule has 7 rings (SSSR count). The lowest BCUT2D eigenvalue weighted by Crippen LogP contribution is -2.00. The van der Waals surface area contributed by atoms with Gasteiger partial charge in [-0.2, -0.15) is 0 Å². The molecule has 0 bridgehead atoms. The molecule has 2 heterocycles. The largest absolute Gasteiger partial charge is 0.386 e. The minimum atomic E-state index is -1.01. The third-order valence-corrected chi connectivity index (χ3v) is 7.79. The van der Waals surface area contributed by atoms with Crippen molar-refractivity contribution in [2.75, 3.05) is 0 Å². The molecule has 0 saturated carbocycles.